The molecule has 0 spiro atoms. The lowest BCUT2D eigenvalue weighted by atomic mass is 10.1. The van der Waals surface area contributed by atoms with Gasteiger partial charge in [0.1, 0.15) is 12.4 Å². The molecule has 108 valence electrons. The summed E-state index contributed by atoms with van der Waals surface area (Å²) in [7, 11) is 1.91. The fourth-order valence-corrected chi connectivity index (χ4v) is 2.82. The zero-order valence-corrected chi connectivity index (χ0v) is 14.8. The molecule has 4 nitrogen and oxygen atoms in total. The van der Waals surface area contributed by atoms with Gasteiger partial charge in [0.05, 0.1) is 15.9 Å². The molecule has 20 heavy (non-hydrogen) atoms. The highest BCUT2D eigenvalue weighted by Gasteiger charge is 2.13. The van der Waals surface area contributed by atoms with Crippen molar-refractivity contribution >= 4 is 31.9 Å². The van der Waals surface area contributed by atoms with Crippen molar-refractivity contribution in [2.45, 2.75) is 26.5 Å². The fraction of sp³-hybridized carbons (Fsp3) is 0.357. The summed E-state index contributed by atoms with van der Waals surface area (Å²) < 4.78 is 9.73. The maximum atomic E-state index is 5.99. The lowest BCUT2D eigenvalue weighted by Gasteiger charge is -2.14. The molecule has 1 heterocycles. The Morgan fingerprint density at radius 1 is 1.40 bits per heavy atom. The second-order valence-electron chi connectivity index (χ2n) is 4.73. The smallest absolute Gasteiger partial charge is 0.131 e. The first-order valence-corrected chi connectivity index (χ1v) is 7.84. The second-order valence-corrected chi connectivity index (χ2v) is 6.44. The third kappa shape index (κ3) is 3.24. The monoisotopic (exact) mass is 401 g/mol. The molecule has 1 unspecified atom stereocenters. The fourth-order valence-electron chi connectivity index (χ4n) is 1.99. The summed E-state index contributed by atoms with van der Waals surface area (Å²) in [5, 5.41) is 4.35. The van der Waals surface area contributed by atoms with E-state index in [0.29, 0.717) is 6.61 Å². The average Bonchev–Trinajstić information content (AvgIpc) is 2.62. The van der Waals surface area contributed by atoms with E-state index in [9.17, 15) is 0 Å². The Hall–Kier alpha value is -0.850. The Labute approximate surface area is 135 Å². The third-order valence-corrected chi connectivity index (χ3v) is 4.61. The number of benzene rings is 1. The lowest BCUT2D eigenvalue weighted by molar-refractivity contribution is 0.289. The number of ether oxygens (including phenoxy) is 1. The Kier molecular flexibility index (Phi) is 4.88. The van der Waals surface area contributed by atoms with Gasteiger partial charge >= 0.3 is 0 Å². The first-order chi connectivity index (χ1) is 9.40. The molecule has 1 atom stereocenters. The average molecular weight is 403 g/mol. The van der Waals surface area contributed by atoms with Crippen LogP contribution in [0, 0.1) is 6.92 Å². The number of aromatic nitrogens is 2. The molecule has 0 saturated carbocycles. The molecule has 2 rings (SSSR count). The van der Waals surface area contributed by atoms with Crippen LogP contribution in [0.15, 0.2) is 27.1 Å². The molecule has 1 aromatic carbocycles. The molecular weight excluding hydrogens is 386 g/mol. The van der Waals surface area contributed by atoms with Crippen LogP contribution in [-0.4, -0.2) is 9.78 Å². The van der Waals surface area contributed by atoms with Gasteiger partial charge in [-0.2, -0.15) is 5.10 Å². The van der Waals surface area contributed by atoms with Crippen LogP contribution in [0.1, 0.15) is 29.9 Å². The van der Waals surface area contributed by atoms with Gasteiger partial charge in [-0.25, -0.2) is 0 Å². The second kappa shape index (κ2) is 6.28. The van der Waals surface area contributed by atoms with Crippen molar-refractivity contribution < 1.29 is 4.74 Å². The molecule has 0 radical (unpaired) electrons. The summed E-state index contributed by atoms with van der Waals surface area (Å²) >= 11 is 6.99. The number of nitrogens with zero attached hydrogens (tertiary/aromatic N) is 2. The van der Waals surface area contributed by atoms with E-state index < -0.39 is 0 Å². The van der Waals surface area contributed by atoms with Crippen molar-refractivity contribution in [1.82, 2.24) is 9.78 Å². The van der Waals surface area contributed by atoms with Crippen LogP contribution >= 0.6 is 31.9 Å². The number of halogens is 2. The first kappa shape index (κ1) is 15.5. The Morgan fingerprint density at radius 2 is 2.10 bits per heavy atom. The normalized spacial score (nSPS) is 12.5. The van der Waals surface area contributed by atoms with E-state index in [1.807, 2.05) is 43.8 Å². The van der Waals surface area contributed by atoms with E-state index in [4.69, 9.17) is 10.5 Å². The third-order valence-electron chi connectivity index (χ3n) is 3.09. The summed E-state index contributed by atoms with van der Waals surface area (Å²) in [4.78, 5) is 0. The van der Waals surface area contributed by atoms with Gasteiger partial charge in [0.25, 0.3) is 0 Å². The minimum absolute atomic E-state index is 0.0841. The van der Waals surface area contributed by atoms with Gasteiger partial charge in [-0.1, -0.05) is 15.9 Å². The van der Waals surface area contributed by atoms with E-state index in [-0.39, 0.29) is 6.04 Å². The first-order valence-electron chi connectivity index (χ1n) is 6.26. The van der Waals surface area contributed by atoms with Crippen molar-refractivity contribution in [1.29, 1.82) is 0 Å². The van der Waals surface area contributed by atoms with Crippen LogP contribution in [0.5, 0.6) is 5.75 Å². The van der Waals surface area contributed by atoms with Gasteiger partial charge in [-0.15, -0.1) is 0 Å². The van der Waals surface area contributed by atoms with Crippen LogP contribution in [0.3, 0.4) is 0 Å². The number of rotatable bonds is 4. The van der Waals surface area contributed by atoms with Crippen LogP contribution in [0.4, 0.5) is 0 Å². The maximum Gasteiger partial charge on any atom is 0.131 e. The topological polar surface area (TPSA) is 53.1 Å². The van der Waals surface area contributed by atoms with Gasteiger partial charge in [-0.05, 0) is 48.0 Å². The Bertz CT molecular complexity index is 623. The molecule has 0 aliphatic carbocycles. The van der Waals surface area contributed by atoms with Gasteiger partial charge in [0, 0.05) is 23.1 Å². The molecule has 0 aliphatic heterocycles. The minimum Gasteiger partial charge on any atom is -0.487 e. The predicted octanol–water partition coefficient (Wildman–Crippen LogP) is 3.85. The summed E-state index contributed by atoms with van der Waals surface area (Å²) in [6, 6.07) is 5.79. The number of hydrogen-bond donors (Lipinski definition) is 1. The van der Waals surface area contributed by atoms with Crippen LogP contribution < -0.4 is 10.5 Å². The van der Waals surface area contributed by atoms with Crippen molar-refractivity contribution in [3.8, 4) is 5.75 Å². The summed E-state index contributed by atoms with van der Waals surface area (Å²) in [5.41, 5.74) is 8.92. The molecule has 0 amide bonds. The molecule has 0 bridgehead atoms. The van der Waals surface area contributed by atoms with Gasteiger partial charge < -0.3 is 10.5 Å². The lowest BCUT2D eigenvalue weighted by Crippen LogP contribution is -2.09. The maximum absolute atomic E-state index is 5.99. The standard InChI is InChI=1S/C14H17Br2N3O/c1-8(17)11-6-10(15)4-5-13(11)20-7-12-14(16)9(2)18-19(12)3/h4-6,8H,7,17H2,1-3H3. The molecular formula is C14H17Br2N3O. The van der Waals surface area contributed by atoms with E-state index in [0.717, 1.165) is 31.6 Å². The highest BCUT2D eigenvalue weighted by Crippen LogP contribution is 2.29. The van der Waals surface area contributed by atoms with E-state index >= 15 is 0 Å². The zero-order valence-electron chi connectivity index (χ0n) is 11.7. The van der Waals surface area contributed by atoms with E-state index in [1.165, 1.54) is 0 Å². The van der Waals surface area contributed by atoms with Crippen molar-refractivity contribution in [2.75, 3.05) is 0 Å². The molecule has 6 heteroatoms. The summed E-state index contributed by atoms with van der Waals surface area (Å²) in [5.74, 6) is 0.800. The zero-order chi connectivity index (χ0) is 14.9. The van der Waals surface area contributed by atoms with Crippen LogP contribution in [0.25, 0.3) is 0 Å². The van der Waals surface area contributed by atoms with E-state index in [2.05, 4.69) is 37.0 Å². The predicted molar refractivity (Wildman–Crippen MR) is 86.7 cm³/mol. The number of nitrogens with two attached hydrogens (primary N) is 1. The summed E-state index contributed by atoms with van der Waals surface area (Å²) in [6.45, 7) is 4.35. The Balaban J connectivity index is 2.23. The van der Waals surface area contributed by atoms with Gasteiger partial charge in [0.15, 0.2) is 0 Å². The molecule has 1 aromatic heterocycles. The SMILES string of the molecule is Cc1nn(C)c(COc2ccc(Br)cc2C(C)N)c1Br. The Morgan fingerprint density at radius 3 is 2.65 bits per heavy atom. The largest absolute Gasteiger partial charge is 0.487 e. The van der Waals surface area contributed by atoms with Crippen molar-refractivity contribution in [2.24, 2.45) is 12.8 Å². The molecule has 2 aromatic rings. The van der Waals surface area contributed by atoms with Crippen molar-refractivity contribution in [3.05, 3.63) is 44.1 Å². The molecule has 0 aliphatic rings. The molecule has 2 N–H and O–H groups in total. The number of hydrogen-bond acceptors (Lipinski definition) is 3. The van der Waals surface area contributed by atoms with E-state index in [1.54, 1.807) is 0 Å². The van der Waals surface area contributed by atoms with Gasteiger partial charge in [0.2, 0.25) is 0 Å². The highest BCUT2D eigenvalue weighted by molar-refractivity contribution is 9.10. The minimum atomic E-state index is -0.0841. The molecule has 0 fully saturated rings. The van der Waals surface area contributed by atoms with Crippen LogP contribution in [-0.2, 0) is 13.7 Å². The number of aryl methyl sites for hydroxylation is 2. The van der Waals surface area contributed by atoms with Crippen LogP contribution in [0.2, 0.25) is 0 Å². The van der Waals surface area contributed by atoms with Crippen molar-refractivity contribution in [3.63, 3.8) is 0 Å². The summed E-state index contributed by atoms with van der Waals surface area (Å²) in [6.07, 6.45) is 0. The quantitative estimate of drug-likeness (QED) is 0.844. The molecule has 0 saturated heterocycles. The highest BCUT2D eigenvalue weighted by atomic mass is 79.9. The van der Waals surface area contributed by atoms with Gasteiger partial charge in [-0.3, -0.25) is 4.68 Å².